The van der Waals surface area contributed by atoms with Crippen molar-refractivity contribution in [1.82, 2.24) is 4.90 Å². The molecule has 0 radical (unpaired) electrons. The van der Waals surface area contributed by atoms with E-state index in [1.54, 1.807) is 0 Å². The molecule has 3 aromatic carbocycles. The molecule has 0 aliphatic rings. The highest BCUT2D eigenvalue weighted by molar-refractivity contribution is 8.33. The summed E-state index contributed by atoms with van der Waals surface area (Å²) in [7, 11) is 0. The average molecular weight is 435 g/mol. The molecule has 0 saturated heterocycles. The molecule has 0 fully saturated rings. The second-order valence-electron chi connectivity index (χ2n) is 7.15. The van der Waals surface area contributed by atoms with Crippen molar-refractivity contribution in [2.24, 2.45) is 4.99 Å². The first-order valence-electron chi connectivity index (χ1n) is 9.85. The molecule has 30 heavy (non-hydrogen) atoms. The average Bonchev–Trinajstić information content (AvgIpc) is 2.76. The van der Waals surface area contributed by atoms with Gasteiger partial charge in [0.2, 0.25) is 0 Å². The van der Waals surface area contributed by atoms with E-state index in [9.17, 15) is 5.11 Å². The van der Waals surface area contributed by atoms with Gasteiger partial charge in [-0.1, -0.05) is 90.6 Å². The monoisotopic (exact) mass is 434 g/mol. The Balaban J connectivity index is 1.80. The maximum Gasteiger partial charge on any atom is 0.143 e. The molecule has 0 unspecified atom stereocenters. The van der Waals surface area contributed by atoms with Crippen molar-refractivity contribution in [2.45, 2.75) is 26.9 Å². The van der Waals surface area contributed by atoms with Crippen LogP contribution in [0.25, 0.3) is 0 Å². The lowest BCUT2D eigenvalue weighted by molar-refractivity contribution is 0.360. The van der Waals surface area contributed by atoms with Gasteiger partial charge in [-0.2, -0.15) is 0 Å². The van der Waals surface area contributed by atoms with Crippen LogP contribution in [0.1, 0.15) is 22.3 Å². The Morgan fingerprint density at radius 2 is 1.47 bits per heavy atom. The third-order valence-electron chi connectivity index (χ3n) is 4.63. The molecule has 3 rings (SSSR count). The summed E-state index contributed by atoms with van der Waals surface area (Å²) in [6, 6.07) is 26.7. The van der Waals surface area contributed by atoms with E-state index in [1.807, 2.05) is 55.5 Å². The van der Waals surface area contributed by atoms with Crippen LogP contribution in [0, 0.1) is 13.8 Å². The Labute approximate surface area is 188 Å². The van der Waals surface area contributed by atoms with Crippen LogP contribution in [-0.2, 0) is 13.1 Å². The molecule has 3 aromatic rings. The van der Waals surface area contributed by atoms with Crippen molar-refractivity contribution in [1.29, 1.82) is 0 Å². The smallest absolute Gasteiger partial charge is 0.143 e. The van der Waals surface area contributed by atoms with Gasteiger partial charge in [0.05, 0.1) is 12.3 Å². The number of hydrogen-bond acceptors (Lipinski definition) is 4. The van der Waals surface area contributed by atoms with Crippen LogP contribution in [0.3, 0.4) is 0 Å². The largest absolute Gasteiger partial charge is 0.389 e. The molecule has 0 saturated carbocycles. The van der Waals surface area contributed by atoms with Gasteiger partial charge in [-0.25, -0.2) is 4.99 Å². The van der Waals surface area contributed by atoms with Gasteiger partial charge in [-0.15, -0.1) is 0 Å². The molecule has 0 bridgehead atoms. The van der Waals surface area contributed by atoms with E-state index in [2.05, 4.69) is 47.1 Å². The first kappa shape index (κ1) is 22.2. The topological polar surface area (TPSA) is 35.8 Å². The highest BCUT2D eigenvalue weighted by Crippen LogP contribution is 2.24. The van der Waals surface area contributed by atoms with Gasteiger partial charge in [-0.3, -0.25) is 0 Å². The number of rotatable bonds is 6. The number of benzene rings is 3. The maximum absolute atomic E-state index is 9.91. The molecule has 0 atom stereocenters. The summed E-state index contributed by atoms with van der Waals surface area (Å²) in [4.78, 5) is 6.82. The SMILES string of the molecule is Cc1ccc(N=C(CO)SC(=S)N(Cc2ccccc2)Cc2ccccc2)c(C)c1. The Kier molecular flexibility index (Phi) is 8.20. The van der Waals surface area contributed by atoms with Crippen molar-refractivity contribution < 1.29 is 5.11 Å². The van der Waals surface area contributed by atoms with E-state index in [1.165, 1.54) is 28.5 Å². The summed E-state index contributed by atoms with van der Waals surface area (Å²) >= 11 is 7.14. The van der Waals surface area contributed by atoms with Gasteiger partial charge in [0.1, 0.15) is 9.36 Å². The first-order chi connectivity index (χ1) is 14.5. The van der Waals surface area contributed by atoms with Gasteiger partial charge in [0, 0.05) is 13.1 Å². The minimum Gasteiger partial charge on any atom is -0.389 e. The van der Waals surface area contributed by atoms with Crippen LogP contribution >= 0.6 is 24.0 Å². The lowest BCUT2D eigenvalue weighted by Crippen LogP contribution is -2.27. The third kappa shape index (κ3) is 6.52. The zero-order valence-corrected chi connectivity index (χ0v) is 18.9. The maximum atomic E-state index is 9.91. The third-order valence-corrected chi connectivity index (χ3v) is 6.03. The number of thiocarbonyl (C=S) groups is 1. The Morgan fingerprint density at radius 1 is 0.900 bits per heavy atom. The highest BCUT2D eigenvalue weighted by Gasteiger charge is 2.15. The highest BCUT2D eigenvalue weighted by atomic mass is 32.2. The van der Waals surface area contributed by atoms with Gasteiger partial charge in [0.15, 0.2) is 0 Å². The van der Waals surface area contributed by atoms with E-state index < -0.39 is 0 Å². The van der Waals surface area contributed by atoms with Gasteiger partial charge in [0.25, 0.3) is 0 Å². The van der Waals surface area contributed by atoms with E-state index in [4.69, 9.17) is 12.2 Å². The fraction of sp³-hybridized carbons (Fsp3) is 0.200. The predicted molar refractivity (Wildman–Crippen MR) is 132 cm³/mol. The summed E-state index contributed by atoms with van der Waals surface area (Å²) in [5.74, 6) is 0. The summed E-state index contributed by atoms with van der Waals surface area (Å²) in [5.41, 5.74) is 5.51. The minimum atomic E-state index is -0.150. The molecule has 0 aliphatic carbocycles. The van der Waals surface area contributed by atoms with Crippen molar-refractivity contribution in [3.8, 4) is 0 Å². The van der Waals surface area contributed by atoms with Gasteiger partial charge < -0.3 is 10.0 Å². The summed E-state index contributed by atoms with van der Waals surface area (Å²) in [6.45, 7) is 5.33. The molecule has 0 amide bonds. The molecular formula is C25H26N2OS2. The Bertz CT molecular complexity index is 963. The molecular weight excluding hydrogens is 408 g/mol. The standard InChI is InChI=1S/C25H26N2OS2/c1-19-13-14-23(20(2)15-19)26-24(18-28)30-25(29)27(16-21-9-5-3-6-10-21)17-22-11-7-4-8-12-22/h3-15,28H,16-18H2,1-2H3. The lowest BCUT2D eigenvalue weighted by atomic mass is 10.1. The number of nitrogens with zero attached hydrogens (tertiary/aromatic N) is 2. The summed E-state index contributed by atoms with van der Waals surface area (Å²) in [5, 5.41) is 10.5. The fourth-order valence-corrected chi connectivity index (χ4v) is 4.20. The van der Waals surface area contributed by atoms with Gasteiger partial charge in [-0.05, 0) is 48.4 Å². The van der Waals surface area contributed by atoms with Crippen LogP contribution in [-0.4, -0.2) is 26.0 Å². The molecule has 1 N–H and O–H groups in total. The summed E-state index contributed by atoms with van der Waals surface area (Å²) < 4.78 is 0.695. The van der Waals surface area contributed by atoms with E-state index in [-0.39, 0.29) is 6.61 Å². The normalized spacial score (nSPS) is 11.4. The molecule has 0 aliphatic heterocycles. The zero-order chi connectivity index (χ0) is 21.3. The van der Waals surface area contributed by atoms with Crippen LogP contribution in [0.4, 0.5) is 5.69 Å². The van der Waals surface area contributed by atoms with Crippen molar-refractivity contribution >= 4 is 39.0 Å². The number of hydrogen-bond donors (Lipinski definition) is 1. The molecule has 5 heteroatoms. The molecule has 154 valence electrons. The second-order valence-corrected chi connectivity index (χ2v) is 8.86. The summed E-state index contributed by atoms with van der Waals surface area (Å²) in [6.07, 6.45) is 0. The molecule has 0 heterocycles. The first-order valence-corrected chi connectivity index (χ1v) is 11.1. The van der Waals surface area contributed by atoms with Crippen LogP contribution < -0.4 is 0 Å². The molecule has 0 aromatic heterocycles. The van der Waals surface area contributed by atoms with Crippen LogP contribution in [0.15, 0.2) is 83.9 Å². The van der Waals surface area contributed by atoms with E-state index in [0.717, 1.165) is 11.3 Å². The molecule has 0 spiro atoms. The Morgan fingerprint density at radius 3 is 1.97 bits per heavy atom. The van der Waals surface area contributed by atoms with Crippen molar-refractivity contribution in [2.75, 3.05) is 6.61 Å². The van der Waals surface area contributed by atoms with E-state index in [0.29, 0.717) is 22.5 Å². The second kappa shape index (κ2) is 11.1. The zero-order valence-electron chi connectivity index (χ0n) is 17.3. The minimum absolute atomic E-state index is 0.150. The van der Waals surface area contributed by atoms with Crippen molar-refractivity contribution in [3.05, 3.63) is 101 Å². The van der Waals surface area contributed by atoms with Crippen LogP contribution in [0.5, 0.6) is 0 Å². The number of thioether (sulfide) groups is 1. The van der Waals surface area contributed by atoms with E-state index >= 15 is 0 Å². The van der Waals surface area contributed by atoms with Crippen LogP contribution in [0.2, 0.25) is 0 Å². The number of aliphatic hydroxyl groups is 1. The number of aryl methyl sites for hydroxylation is 2. The Hall–Kier alpha value is -2.47. The van der Waals surface area contributed by atoms with Gasteiger partial charge >= 0.3 is 0 Å². The lowest BCUT2D eigenvalue weighted by Gasteiger charge is -2.25. The number of aliphatic hydroxyl groups excluding tert-OH is 1. The quantitative estimate of drug-likeness (QED) is 0.291. The predicted octanol–water partition coefficient (Wildman–Crippen LogP) is 6.05. The number of aliphatic imine (C=N–C) groups is 1. The molecule has 3 nitrogen and oxygen atoms in total. The van der Waals surface area contributed by atoms with Crippen molar-refractivity contribution in [3.63, 3.8) is 0 Å². The fourth-order valence-electron chi connectivity index (χ4n) is 3.11.